The zero-order chi connectivity index (χ0) is 15.0. The second kappa shape index (κ2) is 5.19. The number of nitrogens with zero attached hydrogens (tertiary/aromatic N) is 3. The summed E-state index contributed by atoms with van der Waals surface area (Å²) >= 11 is 5.96. The molecule has 1 heterocycles. The fourth-order valence-corrected chi connectivity index (χ4v) is 2.58. The first kappa shape index (κ1) is 13.6. The molecule has 1 aromatic heterocycles. The van der Waals surface area contributed by atoms with Gasteiger partial charge in [0.25, 0.3) is 0 Å². The van der Waals surface area contributed by atoms with Gasteiger partial charge in [0.15, 0.2) is 0 Å². The van der Waals surface area contributed by atoms with Crippen molar-refractivity contribution in [3.8, 4) is 11.8 Å². The smallest absolute Gasteiger partial charge is 0.148 e. The normalized spacial score (nSPS) is 10.8. The van der Waals surface area contributed by atoms with Crippen LogP contribution >= 0.6 is 11.6 Å². The van der Waals surface area contributed by atoms with Gasteiger partial charge in [0.2, 0.25) is 0 Å². The van der Waals surface area contributed by atoms with Crippen LogP contribution in [0.2, 0.25) is 0 Å². The van der Waals surface area contributed by atoms with Gasteiger partial charge in [0.05, 0.1) is 34.2 Å². The Kier molecular flexibility index (Phi) is 3.36. The predicted molar refractivity (Wildman–Crippen MR) is 80.0 cm³/mol. The fraction of sp³-hybridized carbons (Fsp3) is 0.125. The third kappa shape index (κ3) is 2.16. The SMILES string of the molecule is Cc1cccc2c1nc(CCl)n2-c1ccc(C#N)cc1F. The lowest BCUT2D eigenvalue weighted by atomic mass is 10.2. The molecule has 0 aliphatic heterocycles. The highest BCUT2D eigenvalue weighted by molar-refractivity contribution is 6.17. The van der Waals surface area contributed by atoms with E-state index in [0.29, 0.717) is 11.5 Å². The number of halogens is 2. The summed E-state index contributed by atoms with van der Waals surface area (Å²) in [5.74, 6) is 0.277. The molecule has 5 heteroatoms. The molecule has 0 amide bonds. The van der Waals surface area contributed by atoms with Gasteiger partial charge in [-0.15, -0.1) is 11.6 Å². The quantitative estimate of drug-likeness (QED) is 0.669. The van der Waals surface area contributed by atoms with Gasteiger partial charge in [-0.05, 0) is 36.8 Å². The fourth-order valence-electron chi connectivity index (χ4n) is 2.40. The lowest BCUT2D eigenvalue weighted by Gasteiger charge is -2.09. The summed E-state index contributed by atoms with van der Waals surface area (Å²) in [5.41, 5.74) is 3.24. The van der Waals surface area contributed by atoms with Gasteiger partial charge in [0, 0.05) is 0 Å². The Labute approximate surface area is 126 Å². The van der Waals surface area contributed by atoms with Crippen molar-refractivity contribution in [2.24, 2.45) is 0 Å². The van der Waals surface area contributed by atoms with Crippen LogP contribution in [-0.4, -0.2) is 9.55 Å². The number of aryl methyl sites for hydroxylation is 1. The molecule has 0 atom stereocenters. The number of benzene rings is 2. The van der Waals surface area contributed by atoms with Gasteiger partial charge in [-0.1, -0.05) is 12.1 Å². The molecule has 0 fully saturated rings. The predicted octanol–water partition coefficient (Wildman–Crippen LogP) is 4.08. The third-order valence-corrected chi connectivity index (χ3v) is 3.63. The average molecular weight is 300 g/mol. The van der Waals surface area contributed by atoms with Crippen LogP contribution in [0.25, 0.3) is 16.7 Å². The van der Waals surface area contributed by atoms with Crippen LogP contribution in [0.3, 0.4) is 0 Å². The van der Waals surface area contributed by atoms with Crippen molar-refractivity contribution < 1.29 is 4.39 Å². The largest absolute Gasteiger partial charge is 0.292 e. The van der Waals surface area contributed by atoms with E-state index in [1.54, 1.807) is 16.7 Å². The molecule has 3 nitrogen and oxygen atoms in total. The Balaban J connectivity index is 2.34. The molecule has 0 saturated heterocycles. The minimum Gasteiger partial charge on any atom is -0.292 e. The summed E-state index contributed by atoms with van der Waals surface area (Å²) in [7, 11) is 0. The highest BCUT2D eigenvalue weighted by atomic mass is 35.5. The molecule has 0 N–H and O–H groups in total. The van der Waals surface area contributed by atoms with Gasteiger partial charge < -0.3 is 0 Å². The number of para-hydroxylation sites is 1. The first-order valence-corrected chi connectivity index (χ1v) is 6.92. The molecule has 0 bridgehead atoms. The number of rotatable bonds is 2. The maximum absolute atomic E-state index is 14.3. The zero-order valence-corrected chi connectivity index (χ0v) is 12.0. The number of imidazole rings is 1. The molecular formula is C16H11ClFN3. The lowest BCUT2D eigenvalue weighted by molar-refractivity contribution is 0.617. The molecule has 2 aromatic carbocycles. The molecule has 0 radical (unpaired) electrons. The van der Waals surface area contributed by atoms with E-state index in [1.165, 1.54) is 6.07 Å². The molecule has 3 aromatic rings. The second-order valence-corrected chi connectivity index (χ2v) is 4.98. The highest BCUT2D eigenvalue weighted by Gasteiger charge is 2.16. The number of hydrogen-bond donors (Lipinski definition) is 0. The molecule has 0 saturated carbocycles. The van der Waals surface area contributed by atoms with Gasteiger partial charge in [-0.25, -0.2) is 9.37 Å². The summed E-state index contributed by atoms with van der Waals surface area (Å²) < 4.78 is 16.0. The highest BCUT2D eigenvalue weighted by Crippen LogP contribution is 2.26. The average Bonchev–Trinajstić information content (AvgIpc) is 2.87. The lowest BCUT2D eigenvalue weighted by Crippen LogP contribution is -2.02. The monoisotopic (exact) mass is 299 g/mol. The van der Waals surface area contributed by atoms with Crippen molar-refractivity contribution in [1.29, 1.82) is 5.26 Å². The maximum Gasteiger partial charge on any atom is 0.148 e. The summed E-state index contributed by atoms with van der Waals surface area (Å²) in [4.78, 5) is 4.49. The standard InChI is InChI=1S/C16H11ClFN3/c1-10-3-2-4-14-16(10)20-15(8-17)21(14)13-6-5-11(9-19)7-12(13)18/h2-7H,8H2,1H3. The number of aromatic nitrogens is 2. The van der Waals surface area contributed by atoms with Crippen molar-refractivity contribution in [3.63, 3.8) is 0 Å². The number of hydrogen-bond acceptors (Lipinski definition) is 2. The number of fused-ring (bicyclic) bond motifs is 1. The minimum absolute atomic E-state index is 0.174. The van der Waals surface area contributed by atoms with Crippen LogP contribution in [0.1, 0.15) is 17.0 Å². The zero-order valence-electron chi connectivity index (χ0n) is 11.3. The topological polar surface area (TPSA) is 41.6 Å². The molecule has 0 aliphatic carbocycles. The van der Waals surface area contributed by atoms with E-state index in [4.69, 9.17) is 16.9 Å². The Morgan fingerprint density at radius 2 is 2.14 bits per heavy atom. The number of alkyl halides is 1. The van der Waals surface area contributed by atoms with E-state index in [2.05, 4.69) is 4.98 Å². The minimum atomic E-state index is -0.471. The molecular weight excluding hydrogens is 289 g/mol. The summed E-state index contributed by atoms with van der Waals surface area (Å²) in [6.45, 7) is 1.95. The van der Waals surface area contributed by atoms with Crippen LogP contribution in [0, 0.1) is 24.1 Å². The van der Waals surface area contributed by atoms with Gasteiger partial charge in [-0.2, -0.15) is 5.26 Å². The van der Waals surface area contributed by atoms with Crippen LogP contribution in [-0.2, 0) is 5.88 Å². The van der Waals surface area contributed by atoms with Crippen LogP contribution in [0.4, 0.5) is 4.39 Å². The van der Waals surface area contributed by atoms with Crippen molar-refractivity contribution in [3.05, 3.63) is 59.2 Å². The Hall–Kier alpha value is -2.38. The molecule has 104 valence electrons. The molecule has 21 heavy (non-hydrogen) atoms. The van der Waals surface area contributed by atoms with Gasteiger partial charge in [-0.3, -0.25) is 4.57 Å². The van der Waals surface area contributed by atoms with Gasteiger partial charge in [0.1, 0.15) is 11.6 Å². The Morgan fingerprint density at radius 3 is 2.81 bits per heavy atom. The Morgan fingerprint density at radius 1 is 1.33 bits per heavy atom. The molecule has 3 rings (SSSR count). The van der Waals surface area contributed by atoms with Gasteiger partial charge >= 0.3 is 0 Å². The third-order valence-electron chi connectivity index (χ3n) is 3.39. The van der Waals surface area contributed by atoms with Crippen molar-refractivity contribution in [1.82, 2.24) is 9.55 Å². The van der Waals surface area contributed by atoms with E-state index in [9.17, 15) is 4.39 Å². The van der Waals surface area contributed by atoms with Crippen molar-refractivity contribution >= 4 is 22.6 Å². The van der Waals surface area contributed by atoms with Crippen LogP contribution in [0.15, 0.2) is 36.4 Å². The summed E-state index contributed by atoms with van der Waals surface area (Å²) in [6, 6.07) is 12.0. The van der Waals surface area contributed by atoms with E-state index in [1.807, 2.05) is 31.2 Å². The summed E-state index contributed by atoms with van der Waals surface area (Å²) in [6.07, 6.45) is 0. The molecule has 0 aliphatic rings. The van der Waals surface area contributed by atoms with Crippen LogP contribution < -0.4 is 0 Å². The van der Waals surface area contributed by atoms with Crippen LogP contribution in [0.5, 0.6) is 0 Å². The van der Waals surface area contributed by atoms with E-state index in [0.717, 1.165) is 16.6 Å². The maximum atomic E-state index is 14.3. The van der Waals surface area contributed by atoms with Crippen molar-refractivity contribution in [2.75, 3.05) is 0 Å². The van der Waals surface area contributed by atoms with E-state index >= 15 is 0 Å². The first-order chi connectivity index (χ1) is 10.2. The van der Waals surface area contributed by atoms with E-state index in [-0.39, 0.29) is 11.4 Å². The molecule has 0 spiro atoms. The summed E-state index contributed by atoms with van der Waals surface area (Å²) in [5, 5.41) is 8.84. The number of nitriles is 1. The Bertz CT molecular complexity index is 877. The van der Waals surface area contributed by atoms with E-state index < -0.39 is 5.82 Å². The van der Waals surface area contributed by atoms with Crippen molar-refractivity contribution in [2.45, 2.75) is 12.8 Å². The first-order valence-electron chi connectivity index (χ1n) is 6.38. The second-order valence-electron chi connectivity index (χ2n) is 4.72. The molecule has 0 unspecified atom stereocenters.